The molecule has 3 aromatic rings. The highest BCUT2D eigenvalue weighted by Crippen LogP contribution is 2.37. The standard InChI is InChI=1S/C21H23ClN4O3/c1-13(2)29-20-18(22)9-16(10-19(20)28-4)21(27)25-14(3)15-5-7-17(8-6-15)26-12-23-11-24-26/h5-14H,1-4H3,(H,25,27). The molecule has 0 saturated carbocycles. The van der Waals surface area contributed by atoms with E-state index in [1.54, 1.807) is 23.1 Å². The Morgan fingerprint density at radius 2 is 1.90 bits per heavy atom. The quantitative estimate of drug-likeness (QED) is 0.626. The predicted octanol–water partition coefficient (Wildman–Crippen LogP) is 4.21. The maximum Gasteiger partial charge on any atom is 0.251 e. The average molecular weight is 415 g/mol. The molecule has 0 radical (unpaired) electrons. The number of methoxy groups -OCH3 is 1. The van der Waals surface area contributed by atoms with Crippen LogP contribution >= 0.6 is 11.6 Å². The fourth-order valence-electron chi connectivity index (χ4n) is 2.82. The zero-order valence-electron chi connectivity index (χ0n) is 16.7. The van der Waals surface area contributed by atoms with E-state index >= 15 is 0 Å². The van der Waals surface area contributed by atoms with Crippen LogP contribution in [0.5, 0.6) is 11.5 Å². The van der Waals surface area contributed by atoms with E-state index in [1.165, 1.54) is 13.4 Å². The Bertz CT molecular complexity index is 972. The summed E-state index contributed by atoms with van der Waals surface area (Å²) in [6, 6.07) is 10.7. The second-order valence-electron chi connectivity index (χ2n) is 6.78. The number of ether oxygens (including phenoxy) is 2. The van der Waals surface area contributed by atoms with Gasteiger partial charge in [-0.3, -0.25) is 4.79 Å². The summed E-state index contributed by atoms with van der Waals surface area (Å²) in [5.41, 5.74) is 2.25. The molecule has 2 aromatic carbocycles. The second-order valence-corrected chi connectivity index (χ2v) is 7.19. The summed E-state index contributed by atoms with van der Waals surface area (Å²) in [6.45, 7) is 5.70. The van der Waals surface area contributed by atoms with Gasteiger partial charge < -0.3 is 14.8 Å². The second kappa shape index (κ2) is 8.96. The Morgan fingerprint density at radius 3 is 2.48 bits per heavy atom. The topological polar surface area (TPSA) is 78.3 Å². The molecule has 0 aliphatic heterocycles. The number of nitrogens with zero attached hydrogens (tertiary/aromatic N) is 3. The SMILES string of the molecule is COc1cc(C(=O)NC(C)c2ccc(-n3cncn3)cc2)cc(Cl)c1OC(C)C. The minimum Gasteiger partial charge on any atom is -0.493 e. The number of hydrogen-bond donors (Lipinski definition) is 1. The summed E-state index contributed by atoms with van der Waals surface area (Å²) >= 11 is 6.32. The molecular weight excluding hydrogens is 392 g/mol. The normalized spacial score (nSPS) is 11.9. The van der Waals surface area contributed by atoms with Gasteiger partial charge in [0.2, 0.25) is 0 Å². The van der Waals surface area contributed by atoms with Crippen LogP contribution < -0.4 is 14.8 Å². The van der Waals surface area contributed by atoms with Crippen molar-refractivity contribution in [3.63, 3.8) is 0 Å². The lowest BCUT2D eigenvalue weighted by molar-refractivity contribution is 0.0939. The number of benzene rings is 2. The smallest absolute Gasteiger partial charge is 0.251 e. The van der Waals surface area contributed by atoms with Gasteiger partial charge >= 0.3 is 0 Å². The summed E-state index contributed by atoms with van der Waals surface area (Å²) in [7, 11) is 1.51. The van der Waals surface area contributed by atoms with Gasteiger partial charge in [0.05, 0.1) is 30.0 Å². The van der Waals surface area contributed by atoms with Crippen LogP contribution in [-0.2, 0) is 0 Å². The molecule has 3 rings (SSSR count). The Kier molecular flexibility index (Phi) is 6.39. The fourth-order valence-corrected chi connectivity index (χ4v) is 3.08. The molecule has 1 amide bonds. The van der Waals surface area contributed by atoms with Crippen molar-refractivity contribution >= 4 is 17.5 Å². The number of halogens is 1. The van der Waals surface area contributed by atoms with Crippen LogP contribution in [0.4, 0.5) is 0 Å². The molecule has 152 valence electrons. The summed E-state index contributed by atoms with van der Waals surface area (Å²) in [5.74, 6) is 0.591. The number of carbonyl (C=O) groups excluding carboxylic acids is 1. The molecule has 0 saturated heterocycles. The van der Waals surface area contributed by atoms with Crippen molar-refractivity contribution in [3.05, 3.63) is 65.2 Å². The first-order chi connectivity index (χ1) is 13.9. The predicted molar refractivity (Wildman–Crippen MR) is 111 cm³/mol. The number of carbonyl (C=O) groups is 1. The van der Waals surface area contributed by atoms with Crippen LogP contribution in [-0.4, -0.2) is 33.9 Å². The number of amides is 1. The van der Waals surface area contributed by atoms with E-state index in [0.29, 0.717) is 22.1 Å². The summed E-state index contributed by atoms with van der Waals surface area (Å²) in [4.78, 5) is 16.7. The van der Waals surface area contributed by atoms with Crippen LogP contribution in [0.3, 0.4) is 0 Å². The molecule has 1 heterocycles. The number of hydrogen-bond acceptors (Lipinski definition) is 5. The lowest BCUT2D eigenvalue weighted by Crippen LogP contribution is -2.26. The van der Waals surface area contributed by atoms with Crippen LogP contribution in [0, 0.1) is 0 Å². The molecule has 0 aliphatic carbocycles. The molecule has 0 bridgehead atoms. The van der Waals surface area contributed by atoms with Crippen molar-refractivity contribution in [3.8, 4) is 17.2 Å². The third-order valence-electron chi connectivity index (χ3n) is 4.27. The highest BCUT2D eigenvalue weighted by Gasteiger charge is 2.18. The molecule has 0 fully saturated rings. The van der Waals surface area contributed by atoms with Gasteiger partial charge in [-0.1, -0.05) is 23.7 Å². The maximum atomic E-state index is 12.7. The largest absolute Gasteiger partial charge is 0.493 e. The van der Waals surface area contributed by atoms with Crippen molar-refractivity contribution in [2.24, 2.45) is 0 Å². The van der Waals surface area contributed by atoms with E-state index in [1.807, 2.05) is 45.0 Å². The van der Waals surface area contributed by atoms with Gasteiger partial charge in [-0.2, -0.15) is 5.10 Å². The molecule has 1 N–H and O–H groups in total. The number of rotatable bonds is 7. The zero-order valence-corrected chi connectivity index (χ0v) is 17.5. The molecule has 7 nitrogen and oxygen atoms in total. The highest BCUT2D eigenvalue weighted by atomic mass is 35.5. The number of aromatic nitrogens is 3. The Balaban J connectivity index is 1.74. The van der Waals surface area contributed by atoms with Gasteiger partial charge in [-0.25, -0.2) is 9.67 Å². The molecule has 0 spiro atoms. The van der Waals surface area contributed by atoms with Gasteiger partial charge in [0, 0.05) is 5.56 Å². The third-order valence-corrected chi connectivity index (χ3v) is 4.55. The fraction of sp³-hybridized carbons (Fsp3) is 0.286. The van der Waals surface area contributed by atoms with Crippen LogP contribution in [0.15, 0.2) is 49.1 Å². The van der Waals surface area contributed by atoms with Crippen molar-refractivity contribution in [1.82, 2.24) is 20.1 Å². The van der Waals surface area contributed by atoms with E-state index in [-0.39, 0.29) is 18.1 Å². The summed E-state index contributed by atoms with van der Waals surface area (Å²) < 4.78 is 12.7. The van der Waals surface area contributed by atoms with E-state index in [0.717, 1.165) is 11.3 Å². The minimum atomic E-state index is -0.255. The van der Waals surface area contributed by atoms with Crippen LogP contribution in [0.2, 0.25) is 5.02 Å². The molecular formula is C21H23ClN4O3. The van der Waals surface area contributed by atoms with E-state index in [9.17, 15) is 4.79 Å². The Morgan fingerprint density at radius 1 is 1.17 bits per heavy atom. The van der Waals surface area contributed by atoms with Gasteiger partial charge in [0.15, 0.2) is 11.5 Å². The van der Waals surface area contributed by atoms with Crippen molar-refractivity contribution in [2.45, 2.75) is 32.9 Å². The average Bonchev–Trinajstić information content (AvgIpc) is 3.24. The number of nitrogens with one attached hydrogen (secondary N) is 1. The maximum absolute atomic E-state index is 12.7. The zero-order chi connectivity index (χ0) is 21.0. The highest BCUT2D eigenvalue weighted by molar-refractivity contribution is 6.32. The Labute approximate surface area is 174 Å². The first kappa shape index (κ1) is 20.7. The van der Waals surface area contributed by atoms with Gasteiger partial charge in [0.25, 0.3) is 5.91 Å². The molecule has 1 atom stereocenters. The molecule has 0 aliphatic rings. The summed E-state index contributed by atoms with van der Waals surface area (Å²) in [5, 5.41) is 7.40. The van der Waals surface area contributed by atoms with Gasteiger partial charge in [-0.15, -0.1) is 0 Å². The van der Waals surface area contributed by atoms with Crippen LogP contribution in [0.25, 0.3) is 5.69 Å². The van der Waals surface area contributed by atoms with E-state index in [4.69, 9.17) is 21.1 Å². The van der Waals surface area contributed by atoms with E-state index in [2.05, 4.69) is 15.4 Å². The summed E-state index contributed by atoms with van der Waals surface area (Å²) in [6.07, 6.45) is 3.04. The van der Waals surface area contributed by atoms with Gasteiger partial charge in [0.1, 0.15) is 12.7 Å². The van der Waals surface area contributed by atoms with Gasteiger partial charge in [-0.05, 0) is 50.6 Å². The Hall–Kier alpha value is -3.06. The first-order valence-corrected chi connectivity index (χ1v) is 9.57. The minimum absolute atomic E-state index is 0.0680. The molecule has 29 heavy (non-hydrogen) atoms. The molecule has 8 heteroatoms. The lowest BCUT2D eigenvalue weighted by atomic mass is 10.1. The van der Waals surface area contributed by atoms with Crippen molar-refractivity contribution < 1.29 is 14.3 Å². The third kappa shape index (κ3) is 4.86. The monoisotopic (exact) mass is 414 g/mol. The van der Waals surface area contributed by atoms with Crippen molar-refractivity contribution in [2.75, 3.05) is 7.11 Å². The van der Waals surface area contributed by atoms with E-state index < -0.39 is 0 Å². The van der Waals surface area contributed by atoms with Crippen LogP contribution in [0.1, 0.15) is 42.7 Å². The molecule has 1 aromatic heterocycles. The lowest BCUT2D eigenvalue weighted by Gasteiger charge is -2.18. The first-order valence-electron chi connectivity index (χ1n) is 9.19. The molecule has 1 unspecified atom stereocenters. The van der Waals surface area contributed by atoms with Crippen molar-refractivity contribution in [1.29, 1.82) is 0 Å².